The normalized spacial score (nSPS) is 47.1. The molecule has 0 aromatic rings. The van der Waals surface area contributed by atoms with E-state index < -0.39 is 41.7 Å². The minimum atomic E-state index is -0.987. The van der Waals surface area contributed by atoms with Crippen molar-refractivity contribution >= 4 is 5.97 Å². The first-order valence-electron chi connectivity index (χ1n) is 13.9. The predicted octanol–water partition coefficient (Wildman–Crippen LogP) is 2.36. The maximum Gasteiger partial charge on any atom is 0.309 e. The van der Waals surface area contributed by atoms with Crippen molar-refractivity contribution in [3.05, 3.63) is 0 Å². The summed E-state index contributed by atoms with van der Waals surface area (Å²) >= 11 is 0. The summed E-state index contributed by atoms with van der Waals surface area (Å²) in [6.07, 6.45) is 0.653. The van der Waals surface area contributed by atoms with Gasteiger partial charge in [-0.05, 0) is 84.9 Å². The molecule has 7 heteroatoms. The molecule has 202 valence electrons. The van der Waals surface area contributed by atoms with Crippen LogP contribution in [0.3, 0.4) is 0 Å². The molecule has 3 aliphatic carbocycles. The van der Waals surface area contributed by atoms with Crippen LogP contribution in [-0.4, -0.2) is 69.1 Å². The summed E-state index contributed by atoms with van der Waals surface area (Å²) < 4.78 is 5.84. The van der Waals surface area contributed by atoms with Crippen LogP contribution < -0.4 is 0 Å². The highest BCUT2D eigenvalue weighted by Crippen LogP contribution is 2.66. The van der Waals surface area contributed by atoms with Gasteiger partial charge in [0.1, 0.15) is 0 Å². The molecule has 5 N–H and O–H groups in total. The summed E-state index contributed by atoms with van der Waals surface area (Å²) in [5.74, 6) is -0.204. The fourth-order valence-corrected chi connectivity index (χ4v) is 8.97. The van der Waals surface area contributed by atoms with E-state index in [1.54, 1.807) is 0 Å². The Morgan fingerprint density at radius 3 is 2.26 bits per heavy atom. The smallest absolute Gasteiger partial charge is 0.309 e. The average Bonchev–Trinajstić information content (AvgIpc) is 3.11. The predicted molar refractivity (Wildman–Crippen MR) is 131 cm³/mol. The zero-order valence-corrected chi connectivity index (χ0v) is 22.1. The zero-order valence-electron chi connectivity index (χ0n) is 22.1. The van der Waals surface area contributed by atoms with E-state index in [0.29, 0.717) is 13.0 Å². The van der Waals surface area contributed by atoms with Crippen LogP contribution in [0.4, 0.5) is 0 Å². The SMILES string of the molecule is CC(C)[C@H](C)[C@@H](O)[C@H](O)[C@@H](CO)[C@H]1CC[C@H]2[C@@H]3COC(=O)[C@H]4C[C@H](O)[C@H](O)C[C@]4(C)[C@H]3CC[C@]12C. The summed E-state index contributed by atoms with van der Waals surface area (Å²) in [6, 6.07) is 0. The van der Waals surface area contributed by atoms with Gasteiger partial charge in [-0.3, -0.25) is 4.79 Å². The first kappa shape index (κ1) is 27.3. The lowest BCUT2D eigenvalue weighted by Gasteiger charge is -2.56. The maximum atomic E-state index is 13.0. The largest absolute Gasteiger partial charge is 0.465 e. The summed E-state index contributed by atoms with van der Waals surface area (Å²) in [5.41, 5.74) is -0.555. The van der Waals surface area contributed by atoms with Gasteiger partial charge in [-0.25, -0.2) is 0 Å². The molecule has 1 saturated heterocycles. The van der Waals surface area contributed by atoms with Crippen molar-refractivity contribution < 1.29 is 35.1 Å². The second kappa shape index (κ2) is 9.86. The Bertz CT molecular complexity index is 772. The molecule has 0 amide bonds. The van der Waals surface area contributed by atoms with E-state index >= 15 is 0 Å². The van der Waals surface area contributed by atoms with Crippen LogP contribution >= 0.6 is 0 Å². The molecule has 0 bridgehead atoms. The van der Waals surface area contributed by atoms with Gasteiger partial charge in [-0.2, -0.15) is 0 Å². The van der Waals surface area contributed by atoms with Gasteiger partial charge < -0.3 is 30.3 Å². The Kier molecular flexibility index (Phi) is 7.70. The van der Waals surface area contributed by atoms with Crippen molar-refractivity contribution in [1.29, 1.82) is 0 Å². The van der Waals surface area contributed by atoms with Crippen LogP contribution in [-0.2, 0) is 9.53 Å². The lowest BCUT2D eigenvalue weighted by molar-refractivity contribution is -0.162. The van der Waals surface area contributed by atoms with Crippen LogP contribution in [0, 0.1) is 58.2 Å². The third-order valence-electron chi connectivity index (χ3n) is 11.5. The first-order chi connectivity index (χ1) is 16.4. The molecule has 0 unspecified atom stereocenters. The Hall–Kier alpha value is -0.730. The van der Waals surface area contributed by atoms with E-state index in [1.165, 1.54) is 0 Å². The van der Waals surface area contributed by atoms with Crippen LogP contribution in [0.25, 0.3) is 0 Å². The number of fused-ring (bicyclic) bond motifs is 5. The molecule has 7 nitrogen and oxygen atoms in total. The van der Waals surface area contributed by atoms with Crippen LogP contribution in [0.1, 0.15) is 73.1 Å². The van der Waals surface area contributed by atoms with Crippen molar-refractivity contribution in [2.45, 2.75) is 97.6 Å². The molecule has 4 aliphatic rings. The zero-order chi connectivity index (χ0) is 25.9. The van der Waals surface area contributed by atoms with Crippen molar-refractivity contribution in [3.8, 4) is 0 Å². The van der Waals surface area contributed by atoms with E-state index in [2.05, 4.69) is 13.8 Å². The monoisotopic (exact) mass is 496 g/mol. The minimum Gasteiger partial charge on any atom is -0.465 e. The van der Waals surface area contributed by atoms with E-state index in [-0.39, 0.29) is 59.9 Å². The maximum absolute atomic E-state index is 13.0. The molecule has 3 saturated carbocycles. The van der Waals surface area contributed by atoms with Crippen LogP contribution in [0.5, 0.6) is 0 Å². The van der Waals surface area contributed by atoms with E-state index in [1.807, 2.05) is 20.8 Å². The van der Waals surface area contributed by atoms with Crippen LogP contribution in [0.2, 0.25) is 0 Å². The average molecular weight is 497 g/mol. The summed E-state index contributed by atoms with van der Waals surface area (Å²) in [7, 11) is 0. The van der Waals surface area contributed by atoms with E-state index in [9.17, 15) is 30.3 Å². The molecule has 13 atom stereocenters. The van der Waals surface area contributed by atoms with Crippen molar-refractivity contribution in [3.63, 3.8) is 0 Å². The number of rotatable bonds is 6. The standard InChI is InChI=1S/C28H48O7/c1-14(2)15(3)24(32)25(33)16(12-29)18-6-7-19-17-13-35-26(34)21-10-22(30)23(31)11-28(21,5)20(17)8-9-27(18,19)4/h14-25,29-33H,6-13H2,1-5H3/t15-,16-,17-,18+,19-,20-,21+,22-,23+,24+,25+,27+,28+/m0/s1. The molecule has 0 spiro atoms. The highest BCUT2D eigenvalue weighted by atomic mass is 16.5. The van der Waals surface area contributed by atoms with Gasteiger partial charge >= 0.3 is 5.97 Å². The van der Waals surface area contributed by atoms with E-state index in [0.717, 1.165) is 25.7 Å². The summed E-state index contributed by atoms with van der Waals surface area (Å²) in [5, 5.41) is 53.3. The molecular weight excluding hydrogens is 448 g/mol. The molecule has 0 aromatic heterocycles. The van der Waals surface area contributed by atoms with Crippen molar-refractivity contribution in [1.82, 2.24) is 0 Å². The van der Waals surface area contributed by atoms with Gasteiger partial charge in [0.15, 0.2) is 0 Å². The Balaban J connectivity index is 1.60. The highest BCUT2D eigenvalue weighted by Gasteiger charge is 2.63. The van der Waals surface area contributed by atoms with Gasteiger partial charge in [-0.15, -0.1) is 0 Å². The number of aliphatic hydroxyl groups excluding tert-OH is 5. The first-order valence-corrected chi connectivity index (χ1v) is 13.9. The molecule has 1 aliphatic heterocycles. The number of cyclic esters (lactones) is 1. The van der Waals surface area contributed by atoms with Gasteiger partial charge in [0, 0.05) is 12.5 Å². The van der Waals surface area contributed by atoms with Gasteiger partial charge in [-0.1, -0.05) is 34.6 Å². The molecular formula is C28H48O7. The van der Waals surface area contributed by atoms with Gasteiger partial charge in [0.2, 0.25) is 0 Å². The number of carbonyl (C=O) groups is 1. The Morgan fingerprint density at radius 2 is 1.63 bits per heavy atom. The molecule has 0 radical (unpaired) electrons. The number of ether oxygens (including phenoxy) is 1. The highest BCUT2D eigenvalue weighted by molar-refractivity contribution is 5.74. The second-order valence-electron chi connectivity index (χ2n) is 13.3. The Morgan fingerprint density at radius 1 is 0.971 bits per heavy atom. The molecule has 0 aromatic carbocycles. The third kappa shape index (κ3) is 4.37. The number of hydrogen-bond donors (Lipinski definition) is 5. The quantitative estimate of drug-likeness (QED) is 0.357. The summed E-state index contributed by atoms with van der Waals surface area (Å²) in [6.45, 7) is 10.6. The molecule has 1 heterocycles. The van der Waals surface area contributed by atoms with E-state index in [4.69, 9.17) is 4.74 Å². The van der Waals surface area contributed by atoms with Crippen molar-refractivity contribution in [2.75, 3.05) is 13.2 Å². The number of carbonyl (C=O) groups excluding carboxylic acids is 1. The fraction of sp³-hybridized carbons (Fsp3) is 0.964. The van der Waals surface area contributed by atoms with Gasteiger partial charge in [0.25, 0.3) is 0 Å². The fourth-order valence-electron chi connectivity index (χ4n) is 8.97. The number of hydrogen-bond acceptors (Lipinski definition) is 7. The third-order valence-corrected chi connectivity index (χ3v) is 11.5. The number of aliphatic hydroxyl groups is 5. The molecule has 4 fully saturated rings. The lowest BCUT2D eigenvalue weighted by atomic mass is 9.48. The molecule has 4 rings (SSSR count). The topological polar surface area (TPSA) is 127 Å². The van der Waals surface area contributed by atoms with Crippen LogP contribution in [0.15, 0.2) is 0 Å². The summed E-state index contributed by atoms with van der Waals surface area (Å²) in [4.78, 5) is 13.0. The Labute approximate surface area is 210 Å². The minimum absolute atomic E-state index is 0.0730. The molecule has 35 heavy (non-hydrogen) atoms. The van der Waals surface area contributed by atoms with Gasteiger partial charge in [0.05, 0.1) is 36.9 Å². The second-order valence-corrected chi connectivity index (χ2v) is 13.3. The lowest BCUT2D eigenvalue weighted by Crippen LogP contribution is -2.55. The van der Waals surface area contributed by atoms with Crippen molar-refractivity contribution in [2.24, 2.45) is 58.2 Å². The number of esters is 1.